The molecule has 2 nitrogen and oxygen atoms in total. The molecule has 0 N–H and O–H groups in total. The summed E-state index contributed by atoms with van der Waals surface area (Å²) in [6.07, 6.45) is 34.1. The quantitative estimate of drug-likeness (QED) is 0.0701. The fourth-order valence-corrected chi connectivity index (χ4v) is 6.65. The van der Waals surface area contributed by atoms with Crippen LogP contribution in [0.25, 0.3) is 0 Å². The summed E-state index contributed by atoms with van der Waals surface area (Å²) in [6, 6.07) is 0. The van der Waals surface area contributed by atoms with Crippen molar-refractivity contribution in [3.63, 3.8) is 0 Å². The minimum atomic E-state index is -0.146. The van der Waals surface area contributed by atoms with Gasteiger partial charge in [-0.3, -0.25) is 0 Å². The second-order valence-corrected chi connectivity index (χ2v) is 13.5. The average molecular weight is 537 g/mol. The summed E-state index contributed by atoms with van der Waals surface area (Å²) < 4.78 is 6.71. The predicted octanol–water partition coefficient (Wildman–Crippen LogP) is 12.4. The van der Waals surface area contributed by atoms with Gasteiger partial charge in [-0.25, -0.2) is 0 Å². The molecule has 0 radical (unpaired) electrons. The minimum absolute atomic E-state index is 0.146. The average Bonchev–Trinajstić information content (AvgIpc) is 2.89. The van der Waals surface area contributed by atoms with E-state index in [1.165, 1.54) is 148 Å². The van der Waals surface area contributed by atoms with Crippen molar-refractivity contribution in [2.75, 3.05) is 6.61 Å². The van der Waals surface area contributed by atoms with Gasteiger partial charge in [-0.2, -0.15) is 0 Å². The van der Waals surface area contributed by atoms with Gasteiger partial charge in [0.25, 0.3) is 0 Å². The molecule has 0 aliphatic rings. The molecule has 0 heterocycles. The van der Waals surface area contributed by atoms with E-state index in [4.69, 9.17) is 4.74 Å². The van der Waals surface area contributed by atoms with Gasteiger partial charge in [-0.05, 0) is 30.6 Å². The Labute approximate surface area is 241 Å². The fourth-order valence-electron chi connectivity index (χ4n) is 6.65. The van der Waals surface area contributed by atoms with E-state index in [9.17, 15) is 4.79 Å². The molecule has 0 saturated heterocycles. The number of hydrogen-bond acceptors (Lipinski definition) is 2. The minimum Gasteiger partial charge on any atom is -0.367 e. The summed E-state index contributed by atoms with van der Waals surface area (Å²) in [7, 11) is 0. The molecule has 0 aliphatic heterocycles. The highest BCUT2D eigenvalue weighted by Gasteiger charge is 2.44. The van der Waals surface area contributed by atoms with Crippen molar-refractivity contribution < 1.29 is 9.53 Å². The van der Waals surface area contributed by atoms with E-state index >= 15 is 0 Å². The monoisotopic (exact) mass is 537 g/mol. The van der Waals surface area contributed by atoms with Gasteiger partial charge in [0, 0.05) is 0 Å². The van der Waals surface area contributed by atoms with Crippen LogP contribution < -0.4 is 0 Å². The highest BCUT2D eigenvalue weighted by Crippen LogP contribution is 2.46. The first-order chi connectivity index (χ1) is 18.4. The summed E-state index contributed by atoms with van der Waals surface area (Å²) in [5.41, 5.74) is 0.0413. The van der Waals surface area contributed by atoms with E-state index in [0.717, 1.165) is 19.1 Å². The molecule has 0 spiro atoms. The zero-order chi connectivity index (χ0) is 28.4. The second kappa shape index (κ2) is 25.6. The summed E-state index contributed by atoms with van der Waals surface area (Å²) >= 11 is 0. The Balaban J connectivity index is 5.27. The van der Waals surface area contributed by atoms with Crippen molar-refractivity contribution in [2.24, 2.45) is 11.3 Å². The number of ether oxygens (including phenoxy) is 1. The molecular formula is C36H72O2. The van der Waals surface area contributed by atoms with Gasteiger partial charge < -0.3 is 9.53 Å². The van der Waals surface area contributed by atoms with Crippen LogP contribution in [-0.2, 0) is 9.53 Å². The third kappa shape index (κ3) is 19.7. The van der Waals surface area contributed by atoms with E-state index < -0.39 is 0 Å². The van der Waals surface area contributed by atoms with Crippen LogP contribution in [-0.4, -0.2) is 18.5 Å². The Morgan fingerprint density at radius 3 is 1.21 bits per heavy atom. The Morgan fingerprint density at radius 1 is 0.526 bits per heavy atom. The Kier molecular flexibility index (Phi) is 25.3. The van der Waals surface area contributed by atoms with Crippen molar-refractivity contribution in [1.29, 1.82) is 0 Å². The summed E-state index contributed by atoms with van der Waals surface area (Å²) in [4.78, 5) is 11.6. The first-order valence-electron chi connectivity index (χ1n) is 17.5. The lowest BCUT2D eigenvalue weighted by Gasteiger charge is -2.47. The molecule has 228 valence electrons. The largest absolute Gasteiger partial charge is 0.367 e. The topological polar surface area (TPSA) is 26.3 Å². The van der Waals surface area contributed by atoms with E-state index in [2.05, 4.69) is 41.5 Å². The van der Waals surface area contributed by atoms with Crippen molar-refractivity contribution in [2.45, 2.75) is 208 Å². The van der Waals surface area contributed by atoms with Gasteiger partial charge >= 0.3 is 0 Å². The lowest BCUT2D eigenvalue weighted by molar-refractivity contribution is -0.143. The molecular weight excluding hydrogens is 464 g/mol. The van der Waals surface area contributed by atoms with Crippen LogP contribution in [0.2, 0.25) is 0 Å². The SMILES string of the molecule is CCCCCCCCCCC(CCCCCCCCCC)(OCC=O)C(CCCCCCCC)C(C)(C)C. The fraction of sp³-hybridized carbons (Fsp3) is 0.972. The lowest BCUT2D eigenvalue weighted by Crippen LogP contribution is -2.47. The van der Waals surface area contributed by atoms with Gasteiger partial charge in [0.15, 0.2) is 0 Å². The van der Waals surface area contributed by atoms with Crippen LogP contribution in [0.5, 0.6) is 0 Å². The summed E-state index contributed by atoms with van der Waals surface area (Å²) in [6.45, 7) is 14.4. The second-order valence-electron chi connectivity index (χ2n) is 13.5. The molecule has 0 aromatic heterocycles. The van der Waals surface area contributed by atoms with Crippen molar-refractivity contribution in [3.05, 3.63) is 0 Å². The molecule has 1 unspecified atom stereocenters. The predicted molar refractivity (Wildman–Crippen MR) is 170 cm³/mol. The van der Waals surface area contributed by atoms with Gasteiger partial charge in [0.05, 0.1) is 5.60 Å². The van der Waals surface area contributed by atoms with Crippen molar-refractivity contribution in [1.82, 2.24) is 0 Å². The van der Waals surface area contributed by atoms with Crippen molar-refractivity contribution >= 4 is 6.29 Å². The normalized spacial score (nSPS) is 13.2. The van der Waals surface area contributed by atoms with Crippen LogP contribution in [0.3, 0.4) is 0 Å². The van der Waals surface area contributed by atoms with Crippen LogP contribution in [0.15, 0.2) is 0 Å². The molecule has 0 amide bonds. The maximum Gasteiger partial charge on any atom is 0.145 e. The van der Waals surface area contributed by atoms with Gasteiger partial charge in [0.1, 0.15) is 12.9 Å². The molecule has 0 aromatic carbocycles. The summed E-state index contributed by atoms with van der Waals surface area (Å²) in [5, 5.41) is 0. The highest BCUT2D eigenvalue weighted by molar-refractivity contribution is 5.50. The Bertz CT molecular complexity index is 472. The van der Waals surface area contributed by atoms with E-state index in [1.807, 2.05) is 0 Å². The molecule has 0 aromatic rings. The lowest BCUT2D eigenvalue weighted by atomic mass is 9.64. The van der Waals surface area contributed by atoms with E-state index in [0.29, 0.717) is 5.92 Å². The van der Waals surface area contributed by atoms with Crippen LogP contribution >= 0.6 is 0 Å². The molecule has 38 heavy (non-hydrogen) atoms. The number of carbonyl (C=O) groups is 1. The van der Waals surface area contributed by atoms with Gasteiger partial charge in [-0.1, -0.05) is 183 Å². The molecule has 0 aliphatic carbocycles. The molecule has 0 saturated carbocycles. The first kappa shape index (κ1) is 37.6. The number of rotatable bonds is 29. The highest BCUT2D eigenvalue weighted by atomic mass is 16.5. The Hall–Kier alpha value is -0.370. The van der Waals surface area contributed by atoms with E-state index in [-0.39, 0.29) is 17.6 Å². The zero-order valence-corrected chi connectivity index (χ0v) is 27.4. The van der Waals surface area contributed by atoms with Crippen LogP contribution in [0, 0.1) is 11.3 Å². The smallest absolute Gasteiger partial charge is 0.145 e. The first-order valence-corrected chi connectivity index (χ1v) is 17.5. The zero-order valence-electron chi connectivity index (χ0n) is 27.4. The Morgan fingerprint density at radius 2 is 0.868 bits per heavy atom. The van der Waals surface area contributed by atoms with Gasteiger partial charge in [0.2, 0.25) is 0 Å². The molecule has 1 atom stereocenters. The third-order valence-corrected chi connectivity index (χ3v) is 8.87. The van der Waals surface area contributed by atoms with Crippen LogP contribution in [0.1, 0.15) is 202 Å². The van der Waals surface area contributed by atoms with Crippen LogP contribution in [0.4, 0.5) is 0 Å². The van der Waals surface area contributed by atoms with Crippen molar-refractivity contribution in [3.8, 4) is 0 Å². The summed E-state index contributed by atoms with van der Waals surface area (Å²) in [5.74, 6) is 0.509. The molecule has 2 heteroatoms. The number of unbranched alkanes of at least 4 members (excludes halogenated alkanes) is 19. The van der Waals surface area contributed by atoms with E-state index in [1.54, 1.807) is 0 Å². The number of hydrogen-bond donors (Lipinski definition) is 0. The number of aldehydes is 1. The maximum atomic E-state index is 11.6. The third-order valence-electron chi connectivity index (χ3n) is 8.87. The van der Waals surface area contributed by atoms with Gasteiger partial charge in [-0.15, -0.1) is 0 Å². The standard InChI is InChI=1S/C36H72O2/c1-7-10-13-16-19-21-24-27-30-36(38-33-32-37,31-28-25-22-20-17-14-11-8-2)34(35(4,5)6)29-26-23-18-15-12-9-3/h32,34H,7-31,33H2,1-6H3. The molecule has 0 fully saturated rings. The maximum absolute atomic E-state index is 11.6. The molecule has 0 bridgehead atoms. The molecule has 0 rings (SSSR count). The number of carbonyl (C=O) groups excluding carboxylic acids is 1.